The van der Waals surface area contributed by atoms with Crippen molar-refractivity contribution >= 4 is 62.8 Å². The van der Waals surface area contributed by atoms with Gasteiger partial charge in [-0.05, 0) is 76.2 Å². The number of carbonyl (C=O) groups excluding carboxylic acids is 3. The average Bonchev–Trinajstić information content (AvgIpc) is 2.67. The van der Waals surface area contributed by atoms with Gasteiger partial charge in [0.05, 0.1) is 17.3 Å². The normalized spacial score (nSPS) is 15.3. The fourth-order valence-electron chi connectivity index (χ4n) is 2.63. The Morgan fingerprint density at radius 2 is 1.86 bits per heavy atom. The van der Waals surface area contributed by atoms with Crippen LogP contribution in [0.2, 0.25) is 0 Å². The maximum Gasteiger partial charge on any atom is 0.308 e. The molecule has 1 fully saturated rings. The van der Waals surface area contributed by atoms with Gasteiger partial charge in [0.15, 0.2) is 5.11 Å². The summed E-state index contributed by atoms with van der Waals surface area (Å²) in [5.74, 6) is -0.641. The topological polar surface area (TPSA) is 84.9 Å². The quantitative estimate of drug-likeness (QED) is 0.240. The van der Waals surface area contributed by atoms with E-state index in [0.29, 0.717) is 27.2 Å². The van der Waals surface area contributed by atoms with E-state index >= 15 is 0 Å². The van der Waals surface area contributed by atoms with Gasteiger partial charge < -0.3 is 9.47 Å². The first-order valence-electron chi connectivity index (χ1n) is 8.33. The van der Waals surface area contributed by atoms with Crippen LogP contribution in [0.1, 0.15) is 12.5 Å². The first kappa shape index (κ1) is 20.7. The standard InChI is InChI=1S/C20H15BrN2O5S/c1-11(24)28-17-8-3-12(10-16(17)21)9-15-18(25)22-20(29)23(19(15)26)13-4-6-14(27-2)7-5-13/h3-10H,1-2H3,(H,22,25,29)/b15-9-. The van der Waals surface area contributed by atoms with Crippen molar-refractivity contribution < 1.29 is 23.9 Å². The largest absolute Gasteiger partial charge is 0.497 e. The number of amides is 2. The summed E-state index contributed by atoms with van der Waals surface area (Å²) in [7, 11) is 1.54. The van der Waals surface area contributed by atoms with Gasteiger partial charge in [-0.3, -0.25) is 24.6 Å². The highest BCUT2D eigenvalue weighted by Crippen LogP contribution is 2.28. The van der Waals surface area contributed by atoms with Crippen molar-refractivity contribution in [2.75, 3.05) is 12.0 Å². The Kier molecular flexibility index (Phi) is 6.09. The summed E-state index contributed by atoms with van der Waals surface area (Å²) >= 11 is 8.49. The van der Waals surface area contributed by atoms with Crippen LogP contribution in [-0.2, 0) is 14.4 Å². The number of carbonyl (C=O) groups is 3. The molecule has 7 nitrogen and oxygen atoms in total. The van der Waals surface area contributed by atoms with Crippen molar-refractivity contribution in [3.05, 3.63) is 58.1 Å². The predicted octanol–water partition coefficient (Wildman–Crippen LogP) is 3.21. The van der Waals surface area contributed by atoms with Gasteiger partial charge in [0.25, 0.3) is 11.8 Å². The zero-order chi connectivity index (χ0) is 21.1. The second-order valence-electron chi connectivity index (χ2n) is 5.94. The molecule has 0 aliphatic carbocycles. The summed E-state index contributed by atoms with van der Waals surface area (Å²) < 4.78 is 10.7. The maximum atomic E-state index is 13.0. The van der Waals surface area contributed by atoms with Gasteiger partial charge >= 0.3 is 5.97 Å². The molecule has 0 spiro atoms. The molecule has 148 valence electrons. The van der Waals surface area contributed by atoms with Crippen molar-refractivity contribution in [2.45, 2.75) is 6.92 Å². The van der Waals surface area contributed by atoms with Crippen molar-refractivity contribution in [3.8, 4) is 11.5 Å². The number of halogens is 1. The molecule has 2 aromatic carbocycles. The molecular formula is C20H15BrN2O5S. The first-order chi connectivity index (χ1) is 13.8. The summed E-state index contributed by atoms with van der Waals surface area (Å²) in [6.45, 7) is 1.30. The van der Waals surface area contributed by atoms with Gasteiger partial charge in [0.2, 0.25) is 0 Å². The van der Waals surface area contributed by atoms with Gasteiger partial charge in [-0.15, -0.1) is 0 Å². The number of hydrogen-bond acceptors (Lipinski definition) is 6. The number of methoxy groups -OCH3 is 1. The summed E-state index contributed by atoms with van der Waals surface area (Å²) in [5, 5.41) is 2.52. The van der Waals surface area contributed by atoms with E-state index in [0.717, 1.165) is 0 Å². The van der Waals surface area contributed by atoms with E-state index < -0.39 is 17.8 Å². The minimum atomic E-state index is -0.593. The lowest BCUT2D eigenvalue weighted by Gasteiger charge is -2.29. The second-order valence-corrected chi connectivity index (χ2v) is 7.18. The Labute approximate surface area is 180 Å². The van der Waals surface area contributed by atoms with Gasteiger partial charge in [0.1, 0.15) is 17.1 Å². The number of thiocarbonyl (C=S) groups is 1. The number of ether oxygens (including phenoxy) is 2. The molecule has 0 radical (unpaired) electrons. The molecule has 1 N–H and O–H groups in total. The molecular weight excluding hydrogens is 460 g/mol. The number of benzene rings is 2. The number of anilines is 1. The predicted molar refractivity (Wildman–Crippen MR) is 115 cm³/mol. The number of nitrogens with zero attached hydrogens (tertiary/aromatic N) is 1. The number of nitrogens with one attached hydrogen (secondary N) is 1. The van der Waals surface area contributed by atoms with E-state index in [-0.39, 0.29) is 10.7 Å². The lowest BCUT2D eigenvalue weighted by molar-refractivity contribution is -0.132. The van der Waals surface area contributed by atoms with E-state index in [1.165, 1.54) is 25.0 Å². The summed E-state index contributed by atoms with van der Waals surface area (Å²) in [5.41, 5.74) is 0.980. The summed E-state index contributed by atoms with van der Waals surface area (Å²) in [4.78, 5) is 37.7. The zero-order valence-corrected chi connectivity index (χ0v) is 17.8. The maximum absolute atomic E-state index is 13.0. The van der Waals surface area contributed by atoms with Crippen LogP contribution in [-0.4, -0.2) is 30.0 Å². The molecule has 0 bridgehead atoms. The Bertz CT molecular complexity index is 1050. The van der Waals surface area contributed by atoms with Crippen LogP contribution < -0.4 is 19.7 Å². The van der Waals surface area contributed by atoms with Crippen LogP contribution >= 0.6 is 28.1 Å². The first-order valence-corrected chi connectivity index (χ1v) is 9.53. The molecule has 1 heterocycles. The molecule has 2 aromatic rings. The number of esters is 1. The third kappa shape index (κ3) is 4.52. The molecule has 3 rings (SSSR count). The minimum Gasteiger partial charge on any atom is -0.497 e. The van der Waals surface area contributed by atoms with Crippen LogP contribution in [0.4, 0.5) is 5.69 Å². The van der Waals surface area contributed by atoms with Crippen molar-refractivity contribution in [1.82, 2.24) is 5.32 Å². The monoisotopic (exact) mass is 474 g/mol. The Hall–Kier alpha value is -3.04. The zero-order valence-electron chi connectivity index (χ0n) is 15.4. The Morgan fingerprint density at radius 1 is 1.17 bits per heavy atom. The summed E-state index contributed by atoms with van der Waals surface area (Å²) in [6, 6.07) is 11.5. The highest BCUT2D eigenvalue weighted by atomic mass is 79.9. The molecule has 1 aliphatic rings. The van der Waals surface area contributed by atoms with Gasteiger partial charge in [-0.1, -0.05) is 6.07 Å². The third-order valence-corrected chi connectivity index (χ3v) is 4.86. The molecule has 1 aliphatic heterocycles. The highest BCUT2D eigenvalue weighted by Gasteiger charge is 2.34. The summed E-state index contributed by atoms with van der Waals surface area (Å²) in [6.07, 6.45) is 1.44. The van der Waals surface area contributed by atoms with E-state index in [1.807, 2.05) is 0 Å². The van der Waals surface area contributed by atoms with E-state index in [4.69, 9.17) is 21.7 Å². The fraction of sp³-hybridized carbons (Fsp3) is 0.100. The molecule has 0 atom stereocenters. The van der Waals surface area contributed by atoms with E-state index in [9.17, 15) is 14.4 Å². The smallest absolute Gasteiger partial charge is 0.308 e. The van der Waals surface area contributed by atoms with Crippen LogP contribution in [0.25, 0.3) is 6.08 Å². The molecule has 1 saturated heterocycles. The number of rotatable bonds is 4. The molecule has 0 aromatic heterocycles. The minimum absolute atomic E-state index is 0.00583. The van der Waals surface area contributed by atoms with Crippen LogP contribution in [0.15, 0.2) is 52.5 Å². The number of hydrogen-bond donors (Lipinski definition) is 1. The highest BCUT2D eigenvalue weighted by molar-refractivity contribution is 9.10. The van der Waals surface area contributed by atoms with Crippen molar-refractivity contribution in [1.29, 1.82) is 0 Å². The van der Waals surface area contributed by atoms with Crippen LogP contribution in [0.5, 0.6) is 11.5 Å². The molecule has 0 saturated carbocycles. The second kappa shape index (κ2) is 8.54. The van der Waals surface area contributed by atoms with E-state index in [2.05, 4.69) is 21.2 Å². The Balaban J connectivity index is 1.94. The molecule has 9 heteroatoms. The lowest BCUT2D eigenvalue weighted by Crippen LogP contribution is -2.54. The van der Waals surface area contributed by atoms with Gasteiger partial charge in [0, 0.05) is 6.92 Å². The van der Waals surface area contributed by atoms with Crippen molar-refractivity contribution in [2.24, 2.45) is 0 Å². The van der Waals surface area contributed by atoms with Gasteiger partial charge in [-0.2, -0.15) is 0 Å². The third-order valence-electron chi connectivity index (χ3n) is 3.95. The molecule has 2 amide bonds. The molecule has 29 heavy (non-hydrogen) atoms. The average molecular weight is 475 g/mol. The SMILES string of the molecule is COc1ccc(N2C(=O)/C(=C\c3ccc(OC(C)=O)c(Br)c3)C(=O)NC2=S)cc1. The molecule has 0 unspecified atom stereocenters. The Morgan fingerprint density at radius 3 is 2.45 bits per heavy atom. The van der Waals surface area contributed by atoms with Crippen LogP contribution in [0, 0.1) is 0 Å². The van der Waals surface area contributed by atoms with E-state index in [1.54, 1.807) is 42.5 Å². The fourth-order valence-corrected chi connectivity index (χ4v) is 3.39. The van der Waals surface area contributed by atoms with Gasteiger partial charge in [-0.25, -0.2) is 0 Å². The van der Waals surface area contributed by atoms with Crippen LogP contribution in [0.3, 0.4) is 0 Å². The van der Waals surface area contributed by atoms with Crippen molar-refractivity contribution in [3.63, 3.8) is 0 Å². The lowest BCUT2D eigenvalue weighted by atomic mass is 10.1.